The lowest BCUT2D eigenvalue weighted by molar-refractivity contribution is 0.678. The van der Waals surface area contributed by atoms with Crippen LogP contribution in [0.5, 0.6) is 0 Å². The van der Waals surface area contributed by atoms with Crippen LogP contribution >= 0.6 is 0 Å². The molecule has 5 heteroatoms. The molecule has 0 unspecified atom stereocenters. The molecule has 0 aliphatic heterocycles. The van der Waals surface area contributed by atoms with E-state index in [1.807, 2.05) is 13.3 Å². The number of nitrogens with one attached hydrogen (secondary N) is 1. The zero-order chi connectivity index (χ0) is 13.2. The third-order valence-corrected chi connectivity index (χ3v) is 3.91. The molecule has 0 saturated heterocycles. The maximum Gasteiger partial charge on any atom is 0.176 e. The second-order valence-corrected chi connectivity index (χ2v) is 5.13. The van der Waals surface area contributed by atoms with Crippen molar-refractivity contribution >= 4 is 11.2 Å². The van der Waals surface area contributed by atoms with Crippen molar-refractivity contribution in [2.45, 2.75) is 52.0 Å². The first kappa shape index (κ1) is 12.4. The van der Waals surface area contributed by atoms with Gasteiger partial charge in [0.15, 0.2) is 11.1 Å². The highest BCUT2D eigenvalue weighted by atomic mass is 15.1. The molecule has 0 bridgehead atoms. The lowest BCUT2D eigenvalue weighted by Gasteiger charge is -2.03. The van der Waals surface area contributed by atoms with Crippen LogP contribution in [0.2, 0.25) is 0 Å². The van der Waals surface area contributed by atoms with Gasteiger partial charge in [-0.3, -0.25) is 4.99 Å². The van der Waals surface area contributed by atoms with Gasteiger partial charge in [-0.1, -0.05) is 12.8 Å². The maximum atomic E-state index is 4.82. The molecule has 0 radical (unpaired) electrons. The van der Waals surface area contributed by atoms with Crippen molar-refractivity contribution in [1.82, 2.24) is 19.5 Å². The van der Waals surface area contributed by atoms with Crippen molar-refractivity contribution < 1.29 is 0 Å². The molecular weight excluding hydrogens is 238 g/mol. The van der Waals surface area contributed by atoms with Crippen LogP contribution in [0, 0.1) is 0 Å². The van der Waals surface area contributed by atoms with E-state index in [1.165, 1.54) is 25.7 Å². The Bertz CT molecular complexity index is 631. The first-order valence-electron chi connectivity index (χ1n) is 7.29. The van der Waals surface area contributed by atoms with E-state index in [0.29, 0.717) is 5.92 Å². The Labute approximate surface area is 112 Å². The van der Waals surface area contributed by atoms with Crippen molar-refractivity contribution in [2.75, 3.05) is 6.54 Å². The normalized spacial score (nSPS) is 17.7. The van der Waals surface area contributed by atoms with E-state index in [0.717, 1.165) is 35.6 Å². The van der Waals surface area contributed by atoms with Crippen molar-refractivity contribution in [3.05, 3.63) is 17.6 Å². The smallest absolute Gasteiger partial charge is 0.176 e. The van der Waals surface area contributed by atoms with E-state index in [1.54, 1.807) is 0 Å². The third-order valence-electron chi connectivity index (χ3n) is 3.91. The average Bonchev–Trinajstić information content (AvgIpc) is 3.08. The molecule has 0 atom stereocenters. The van der Waals surface area contributed by atoms with Gasteiger partial charge in [0.25, 0.3) is 0 Å². The van der Waals surface area contributed by atoms with Crippen molar-refractivity contribution in [1.29, 1.82) is 0 Å². The van der Waals surface area contributed by atoms with E-state index < -0.39 is 0 Å². The number of aryl methyl sites for hydroxylation is 1. The van der Waals surface area contributed by atoms with Gasteiger partial charge in [-0.25, -0.2) is 9.97 Å². The maximum absolute atomic E-state index is 4.82. The van der Waals surface area contributed by atoms with Crippen LogP contribution in [0.15, 0.2) is 11.3 Å². The Morgan fingerprint density at radius 2 is 2.16 bits per heavy atom. The van der Waals surface area contributed by atoms with Crippen molar-refractivity contribution in [3.63, 3.8) is 0 Å². The van der Waals surface area contributed by atoms with Crippen LogP contribution < -0.4 is 5.49 Å². The van der Waals surface area contributed by atoms with Gasteiger partial charge in [0.2, 0.25) is 0 Å². The fourth-order valence-corrected chi connectivity index (χ4v) is 2.88. The van der Waals surface area contributed by atoms with Gasteiger partial charge >= 0.3 is 0 Å². The predicted octanol–water partition coefficient (Wildman–Crippen LogP) is 2.36. The second kappa shape index (κ2) is 5.15. The number of fused-ring (bicyclic) bond motifs is 1. The molecule has 102 valence electrons. The Morgan fingerprint density at radius 1 is 1.37 bits per heavy atom. The van der Waals surface area contributed by atoms with Crippen LogP contribution in [0.25, 0.3) is 11.2 Å². The molecule has 0 spiro atoms. The second-order valence-electron chi connectivity index (χ2n) is 5.13. The SMILES string of the molecule is CCN=c1ncn(CC)c2nc(C3CCCC3)[nH]c12. The third kappa shape index (κ3) is 2.17. The van der Waals surface area contributed by atoms with Crippen LogP contribution in [-0.2, 0) is 6.54 Å². The summed E-state index contributed by atoms with van der Waals surface area (Å²) < 4.78 is 2.08. The lowest BCUT2D eigenvalue weighted by atomic mass is 10.1. The topological polar surface area (TPSA) is 58.9 Å². The molecular formula is C14H21N5. The van der Waals surface area contributed by atoms with Gasteiger partial charge in [0.1, 0.15) is 11.3 Å². The van der Waals surface area contributed by atoms with Crippen molar-refractivity contribution in [3.8, 4) is 0 Å². The highest BCUT2D eigenvalue weighted by Crippen LogP contribution is 2.32. The Balaban J connectivity index is 2.18. The van der Waals surface area contributed by atoms with Gasteiger partial charge in [-0.2, -0.15) is 0 Å². The molecule has 2 heterocycles. The Kier molecular flexibility index (Phi) is 3.36. The first-order chi connectivity index (χ1) is 9.33. The highest BCUT2D eigenvalue weighted by molar-refractivity contribution is 5.69. The number of hydrogen-bond donors (Lipinski definition) is 1. The van der Waals surface area contributed by atoms with E-state index >= 15 is 0 Å². The highest BCUT2D eigenvalue weighted by Gasteiger charge is 2.21. The molecule has 1 aliphatic carbocycles. The Hall–Kier alpha value is -1.65. The van der Waals surface area contributed by atoms with Crippen LogP contribution in [0.1, 0.15) is 51.3 Å². The average molecular weight is 259 g/mol. The van der Waals surface area contributed by atoms with Gasteiger partial charge in [-0.05, 0) is 26.7 Å². The molecule has 0 amide bonds. The fourth-order valence-electron chi connectivity index (χ4n) is 2.88. The summed E-state index contributed by atoms with van der Waals surface area (Å²) in [6, 6.07) is 0. The molecule has 3 rings (SSSR count). The van der Waals surface area contributed by atoms with E-state index in [-0.39, 0.29) is 0 Å². The van der Waals surface area contributed by atoms with Crippen molar-refractivity contribution in [2.24, 2.45) is 4.99 Å². The molecule has 2 aromatic rings. The number of H-pyrrole nitrogens is 1. The molecule has 2 aromatic heterocycles. The van der Waals surface area contributed by atoms with Crippen LogP contribution in [-0.4, -0.2) is 26.1 Å². The van der Waals surface area contributed by atoms with Gasteiger partial charge in [0, 0.05) is 19.0 Å². The molecule has 0 aromatic carbocycles. The summed E-state index contributed by atoms with van der Waals surface area (Å²) in [5, 5.41) is 0. The van der Waals surface area contributed by atoms with Crippen LogP contribution in [0.3, 0.4) is 0 Å². The van der Waals surface area contributed by atoms with E-state index in [9.17, 15) is 0 Å². The Morgan fingerprint density at radius 3 is 2.84 bits per heavy atom. The standard InChI is InChI=1S/C14H21N5/c1-3-15-13-11-14(19(4-2)9-16-13)18-12(17-11)10-7-5-6-8-10/h9-10H,3-8H2,1-2H3,(H,17,18). The molecule has 1 fully saturated rings. The minimum atomic E-state index is 0.590. The summed E-state index contributed by atoms with van der Waals surface area (Å²) in [4.78, 5) is 17.2. The number of hydrogen-bond acceptors (Lipinski definition) is 3. The first-order valence-corrected chi connectivity index (χ1v) is 7.29. The number of aromatic nitrogens is 4. The number of rotatable bonds is 3. The molecule has 1 aliphatic rings. The van der Waals surface area contributed by atoms with Gasteiger partial charge < -0.3 is 9.55 Å². The monoisotopic (exact) mass is 259 g/mol. The zero-order valence-electron chi connectivity index (χ0n) is 11.7. The number of imidazole rings is 1. The largest absolute Gasteiger partial charge is 0.337 e. The summed E-state index contributed by atoms with van der Waals surface area (Å²) in [5.74, 6) is 1.71. The summed E-state index contributed by atoms with van der Waals surface area (Å²) in [7, 11) is 0. The minimum absolute atomic E-state index is 0.590. The minimum Gasteiger partial charge on any atom is -0.337 e. The molecule has 1 N–H and O–H groups in total. The van der Waals surface area contributed by atoms with Gasteiger partial charge in [-0.15, -0.1) is 0 Å². The number of aromatic amines is 1. The van der Waals surface area contributed by atoms with E-state index in [2.05, 4.69) is 26.5 Å². The quantitative estimate of drug-likeness (QED) is 0.919. The fraction of sp³-hybridized carbons (Fsp3) is 0.643. The summed E-state index contributed by atoms with van der Waals surface area (Å²) >= 11 is 0. The summed E-state index contributed by atoms with van der Waals surface area (Å²) in [6.07, 6.45) is 6.98. The lowest BCUT2D eigenvalue weighted by Crippen LogP contribution is -2.14. The summed E-state index contributed by atoms with van der Waals surface area (Å²) in [6.45, 7) is 5.77. The predicted molar refractivity (Wildman–Crippen MR) is 74.9 cm³/mol. The molecule has 1 saturated carbocycles. The summed E-state index contributed by atoms with van der Waals surface area (Å²) in [5.41, 5.74) is 2.78. The number of nitrogens with zero attached hydrogens (tertiary/aromatic N) is 4. The van der Waals surface area contributed by atoms with Gasteiger partial charge in [0.05, 0.1) is 6.33 Å². The van der Waals surface area contributed by atoms with E-state index in [4.69, 9.17) is 4.98 Å². The van der Waals surface area contributed by atoms with Crippen LogP contribution in [0.4, 0.5) is 0 Å². The molecule has 5 nitrogen and oxygen atoms in total. The molecule has 19 heavy (non-hydrogen) atoms. The zero-order valence-corrected chi connectivity index (χ0v) is 11.7.